The van der Waals surface area contributed by atoms with E-state index < -0.39 is 36.7 Å². The van der Waals surface area contributed by atoms with Crippen LogP contribution >= 0.6 is 0 Å². The van der Waals surface area contributed by atoms with Gasteiger partial charge in [-0.25, -0.2) is 4.79 Å². The molecule has 0 saturated carbocycles. The van der Waals surface area contributed by atoms with Crippen molar-refractivity contribution in [3.05, 3.63) is 0 Å². The molecule has 6 heteroatoms. The summed E-state index contributed by atoms with van der Waals surface area (Å²) in [6.45, 7) is 0. The van der Waals surface area contributed by atoms with Crippen LogP contribution in [0.5, 0.6) is 0 Å². The van der Waals surface area contributed by atoms with Gasteiger partial charge >= 0.3 is 5.97 Å². The molecule has 0 aromatic rings. The fourth-order valence-corrected chi connectivity index (χ4v) is 1.40. The molecule has 0 aromatic heterocycles. The zero-order chi connectivity index (χ0) is 8.88. The minimum atomic E-state index is -1.40. The Labute approximate surface area is 67.3 Å². The Hall–Kier alpha value is -0.690. The Bertz CT molecular complexity index is 216. The number of aliphatic hydroxyl groups is 3. The molecule has 6 nitrogen and oxygen atoms in total. The van der Waals surface area contributed by atoms with Crippen LogP contribution in [0.25, 0.3) is 0 Å². The predicted octanol–water partition coefficient (Wildman–Crippen LogP) is -2.65. The quantitative estimate of drug-likeness (QED) is 0.349. The monoisotopic (exact) mass is 176 g/mol. The molecule has 2 fully saturated rings. The van der Waals surface area contributed by atoms with Crippen LogP contribution in [-0.2, 0) is 14.3 Å². The van der Waals surface area contributed by atoms with E-state index in [2.05, 4.69) is 9.47 Å². The maximum atomic E-state index is 10.7. The molecule has 2 aliphatic rings. The zero-order valence-corrected chi connectivity index (χ0v) is 5.95. The number of hydrogen-bond acceptors (Lipinski definition) is 6. The van der Waals surface area contributed by atoms with Gasteiger partial charge in [0, 0.05) is 0 Å². The molecular weight excluding hydrogens is 168 g/mol. The molecule has 0 radical (unpaired) electrons. The van der Waals surface area contributed by atoms with E-state index in [1.165, 1.54) is 0 Å². The molecule has 5 atom stereocenters. The molecule has 0 aromatic carbocycles. The number of rotatable bonds is 0. The van der Waals surface area contributed by atoms with Crippen LogP contribution < -0.4 is 0 Å². The first-order valence-electron chi connectivity index (χ1n) is 3.51. The number of ether oxygens (including phenoxy) is 2. The smallest absolute Gasteiger partial charge is 0.338 e. The first-order valence-corrected chi connectivity index (χ1v) is 3.51. The minimum absolute atomic E-state index is 0.823. The van der Waals surface area contributed by atoms with Crippen molar-refractivity contribution in [1.29, 1.82) is 0 Å². The Morgan fingerprint density at radius 3 is 2.42 bits per heavy atom. The second-order valence-corrected chi connectivity index (χ2v) is 2.83. The van der Waals surface area contributed by atoms with Gasteiger partial charge in [-0.3, -0.25) is 0 Å². The van der Waals surface area contributed by atoms with E-state index in [9.17, 15) is 4.79 Å². The molecule has 3 N–H and O–H groups in total. The summed E-state index contributed by atoms with van der Waals surface area (Å²) in [6, 6.07) is 0. The van der Waals surface area contributed by atoms with E-state index in [0.29, 0.717) is 0 Å². The van der Waals surface area contributed by atoms with Crippen molar-refractivity contribution in [3.8, 4) is 0 Å². The Kier molecular flexibility index (Phi) is 1.58. The van der Waals surface area contributed by atoms with Crippen molar-refractivity contribution < 1.29 is 29.6 Å². The van der Waals surface area contributed by atoms with Gasteiger partial charge < -0.3 is 24.8 Å². The van der Waals surface area contributed by atoms with E-state index in [4.69, 9.17) is 15.3 Å². The lowest BCUT2D eigenvalue weighted by Crippen LogP contribution is -2.32. The number of aliphatic hydroxyl groups excluding tert-OH is 3. The Morgan fingerprint density at radius 1 is 1.17 bits per heavy atom. The number of carbonyl (C=O) groups excluding carboxylic acids is 1. The molecule has 2 unspecified atom stereocenters. The molecule has 68 valence electrons. The molecule has 0 spiro atoms. The number of esters is 1. The fourth-order valence-electron chi connectivity index (χ4n) is 1.40. The second-order valence-electron chi connectivity index (χ2n) is 2.83. The van der Waals surface area contributed by atoms with Gasteiger partial charge in [0.05, 0.1) is 0 Å². The maximum absolute atomic E-state index is 10.7. The number of hydrogen-bond donors (Lipinski definition) is 3. The van der Waals surface area contributed by atoms with Crippen molar-refractivity contribution in [2.24, 2.45) is 0 Å². The third kappa shape index (κ3) is 0.862. The standard InChI is InChI=1S/C6H8O6/c7-1-3-4(12-5(1)9)2(8)6(10)11-3/h1-5,7-9H/t1-,2?,3-,4-,5?/m1/s1. The molecular formula is C6H8O6. The summed E-state index contributed by atoms with van der Waals surface area (Å²) in [7, 11) is 0. The van der Waals surface area contributed by atoms with Crippen molar-refractivity contribution in [2.45, 2.75) is 30.7 Å². The predicted molar refractivity (Wildman–Crippen MR) is 32.8 cm³/mol. The average Bonchev–Trinajstić information content (AvgIpc) is 2.43. The van der Waals surface area contributed by atoms with Crippen LogP contribution in [0.3, 0.4) is 0 Å². The molecule has 2 rings (SSSR count). The lowest BCUT2D eigenvalue weighted by molar-refractivity contribution is -0.168. The highest BCUT2D eigenvalue weighted by Gasteiger charge is 2.56. The van der Waals surface area contributed by atoms with E-state index in [0.717, 1.165) is 0 Å². The minimum Gasteiger partial charge on any atom is -0.454 e. The summed E-state index contributed by atoms with van der Waals surface area (Å²) >= 11 is 0. The van der Waals surface area contributed by atoms with Gasteiger partial charge in [-0.2, -0.15) is 0 Å². The highest BCUT2D eigenvalue weighted by atomic mass is 16.7. The Morgan fingerprint density at radius 2 is 1.83 bits per heavy atom. The van der Waals surface area contributed by atoms with E-state index in [1.54, 1.807) is 0 Å². The first-order chi connectivity index (χ1) is 5.61. The number of carbonyl (C=O) groups is 1. The van der Waals surface area contributed by atoms with E-state index >= 15 is 0 Å². The molecule has 2 aliphatic heterocycles. The molecule has 2 heterocycles. The maximum Gasteiger partial charge on any atom is 0.338 e. The third-order valence-corrected chi connectivity index (χ3v) is 2.05. The average molecular weight is 176 g/mol. The van der Waals surface area contributed by atoms with Gasteiger partial charge in [-0.05, 0) is 0 Å². The molecule has 2 saturated heterocycles. The van der Waals surface area contributed by atoms with Gasteiger partial charge in [-0.1, -0.05) is 0 Å². The van der Waals surface area contributed by atoms with Crippen LogP contribution in [0.4, 0.5) is 0 Å². The lowest BCUT2D eigenvalue weighted by Gasteiger charge is -2.10. The highest BCUT2D eigenvalue weighted by molar-refractivity contribution is 5.78. The van der Waals surface area contributed by atoms with Crippen LogP contribution in [0.2, 0.25) is 0 Å². The van der Waals surface area contributed by atoms with Gasteiger partial charge in [0.15, 0.2) is 18.5 Å². The van der Waals surface area contributed by atoms with Crippen molar-refractivity contribution in [1.82, 2.24) is 0 Å². The van der Waals surface area contributed by atoms with Gasteiger partial charge in [0.1, 0.15) is 12.2 Å². The van der Waals surface area contributed by atoms with Crippen molar-refractivity contribution >= 4 is 5.97 Å². The van der Waals surface area contributed by atoms with Crippen molar-refractivity contribution in [3.63, 3.8) is 0 Å². The molecule has 12 heavy (non-hydrogen) atoms. The van der Waals surface area contributed by atoms with Crippen LogP contribution in [0, 0.1) is 0 Å². The van der Waals surface area contributed by atoms with E-state index in [1.807, 2.05) is 0 Å². The SMILES string of the molecule is O=C1O[C@H]2[C@H](OC(O)[C@@H]2O)C1O. The summed E-state index contributed by atoms with van der Waals surface area (Å²) in [5, 5.41) is 27.2. The van der Waals surface area contributed by atoms with Gasteiger partial charge in [0.25, 0.3) is 0 Å². The summed E-state index contributed by atoms with van der Waals surface area (Å²) < 4.78 is 9.25. The molecule has 0 bridgehead atoms. The van der Waals surface area contributed by atoms with Gasteiger partial charge in [0.2, 0.25) is 0 Å². The third-order valence-electron chi connectivity index (χ3n) is 2.05. The first kappa shape index (κ1) is 7.93. The van der Waals surface area contributed by atoms with Crippen LogP contribution in [0.15, 0.2) is 0 Å². The topological polar surface area (TPSA) is 96.2 Å². The summed E-state index contributed by atoms with van der Waals surface area (Å²) in [4.78, 5) is 10.7. The largest absolute Gasteiger partial charge is 0.454 e. The lowest BCUT2D eigenvalue weighted by atomic mass is 10.1. The second kappa shape index (κ2) is 2.40. The normalized spacial score (nSPS) is 52.2. The van der Waals surface area contributed by atoms with Crippen molar-refractivity contribution in [2.75, 3.05) is 0 Å². The Balaban J connectivity index is 2.19. The van der Waals surface area contributed by atoms with E-state index in [-0.39, 0.29) is 0 Å². The fraction of sp³-hybridized carbons (Fsp3) is 0.833. The van der Waals surface area contributed by atoms with Crippen LogP contribution in [-0.4, -0.2) is 52.0 Å². The molecule has 0 aliphatic carbocycles. The van der Waals surface area contributed by atoms with Gasteiger partial charge in [-0.15, -0.1) is 0 Å². The summed E-state index contributed by atoms with van der Waals surface area (Å²) in [6.07, 6.45) is -5.94. The molecule has 0 amide bonds. The zero-order valence-electron chi connectivity index (χ0n) is 5.95. The van der Waals surface area contributed by atoms with Crippen LogP contribution in [0.1, 0.15) is 0 Å². The highest BCUT2D eigenvalue weighted by Crippen LogP contribution is 2.30. The summed E-state index contributed by atoms with van der Waals surface area (Å²) in [5.74, 6) is -0.823. The summed E-state index contributed by atoms with van der Waals surface area (Å²) in [5.41, 5.74) is 0. The number of fused-ring (bicyclic) bond motifs is 1.